The molecule has 2 fully saturated rings. The molecule has 7 nitrogen and oxygen atoms in total. The molecule has 2 saturated heterocycles. The van der Waals surface area contributed by atoms with Gasteiger partial charge in [-0.25, -0.2) is 12.8 Å². The zero-order chi connectivity index (χ0) is 22.2. The SMILES string of the molecule is COc1ccc(CC(=O)N=C2S[C@H]3CS(=O)(=O)C[C@H]3N2c2ccccc2F)cc1OC. The molecule has 0 spiro atoms. The Labute approximate surface area is 184 Å². The number of rotatable bonds is 5. The van der Waals surface area contributed by atoms with Gasteiger partial charge in [-0.15, -0.1) is 0 Å². The van der Waals surface area contributed by atoms with E-state index >= 15 is 0 Å². The van der Waals surface area contributed by atoms with Crippen molar-refractivity contribution >= 4 is 38.4 Å². The number of fused-ring (bicyclic) bond motifs is 1. The van der Waals surface area contributed by atoms with Crippen molar-refractivity contribution in [2.45, 2.75) is 17.7 Å². The number of halogens is 1. The van der Waals surface area contributed by atoms with Crippen LogP contribution in [0.3, 0.4) is 0 Å². The molecule has 0 aromatic heterocycles. The van der Waals surface area contributed by atoms with E-state index in [2.05, 4.69) is 4.99 Å². The summed E-state index contributed by atoms with van der Waals surface area (Å²) < 4.78 is 49.3. The van der Waals surface area contributed by atoms with E-state index in [4.69, 9.17) is 9.47 Å². The first-order valence-electron chi connectivity index (χ1n) is 9.54. The van der Waals surface area contributed by atoms with Crippen LogP contribution in [0.1, 0.15) is 5.56 Å². The van der Waals surface area contributed by atoms with Crippen molar-refractivity contribution in [3.63, 3.8) is 0 Å². The highest BCUT2D eigenvalue weighted by atomic mass is 32.2. The molecule has 0 saturated carbocycles. The normalized spacial score (nSPS) is 23.1. The van der Waals surface area contributed by atoms with Gasteiger partial charge in [-0.3, -0.25) is 4.79 Å². The number of benzene rings is 2. The monoisotopic (exact) mass is 464 g/mol. The van der Waals surface area contributed by atoms with E-state index in [-0.39, 0.29) is 28.9 Å². The van der Waals surface area contributed by atoms with Crippen LogP contribution < -0.4 is 14.4 Å². The van der Waals surface area contributed by atoms with Crippen molar-refractivity contribution < 1.29 is 27.1 Å². The fourth-order valence-electron chi connectivity index (χ4n) is 3.80. The largest absolute Gasteiger partial charge is 0.493 e. The number of thioether (sulfide) groups is 1. The molecule has 2 aromatic rings. The third-order valence-electron chi connectivity index (χ3n) is 5.20. The van der Waals surface area contributed by atoms with Gasteiger partial charge in [-0.1, -0.05) is 30.0 Å². The first kappa shape index (κ1) is 21.6. The van der Waals surface area contributed by atoms with Gasteiger partial charge in [-0.05, 0) is 29.8 Å². The smallest absolute Gasteiger partial charge is 0.252 e. The number of amidine groups is 1. The second-order valence-corrected chi connectivity index (χ2v) is 10.6. The van der Waals surface area contributed by atoms with Crippen molar-refractivity contribution in [2.24, 2.45) is 4.99 Å². The Morgan fingerprint density at radius 1 is 1.16 bits per heavy atom. The minimum atomic E-state index is -3.22. The Bertz CT molecular complexity index is 1150. The van der Waals surface area contributed by atoms with Crippen LogP contribution in [0.4, 0.5) is 10.1 Å². The van der Waals surface area contributed by atoms with E-state index in [1.807, 2.05) is 0 Å². The summed E-state index contributed by atoms with van der Waals surface area (Å²) in [7, 11) is -0.185. The van der Waals surface area contributed by atoms with Gasteiger partial charge in [0.1, 0.15) is 5.82 Å². The highest BCUT2D eigenvalue weighted by Crippen LogP contribution is 2.41. The van der Waals surface area contributed by atoms with E-state index < -0.39 is 27.6 Å². The molecule has 0 radical (unpaired) electrons. The van der Waals surface area contributed by atoms with Crippen LogP contribution in [0.5, 0.6) is 11.5 Å². The number of methoxy groups -OCH3 is 2. The van der Waals surface area contributed by atoms with Crippen LogP contribution in [0.15, 0.2) is 47.5 Å². The van der Waals surface area contributed by atoms with Crippen LogP contribution in [-0.2, 0) is 21.1 Å². The Morgan fingerprint density at radius 3 is 2.61 bits per heavy atom. The van der Waals surface area contributed by atoms with Gasteiger partial charge >= 0.3 is 0 Å². The summed E-state index contributed by atoms with van der Waals surface area (Å²) in [6.45, 7) is 0. The average molecular weight is 465 g/mol. The molecule has 10 heteroatoms. The van der Waals surface area contributed by atoms with E-state index in [0.717, 1.165) is 0 Å². The highest BCUT2D eigenvalue weighted by molar-refractivity contribution is 8.16. The van der Waals surface area contributed by atoms with Crippen LogP contribution in [-0.4, -0.2) is 56.5 Å². The number of carbonyl (C=O) groups is 1. The summed E-state index contributed by atoms with van der Waals surface area (Å²) in [5, 5.41) is 0.0257. The van der Waals surface area contributed by atoms with Gasteiger partial charge in [0, 0.05) is 5.25 Å². The third kappa shape index (κ3) is 4.40. The molecule has 0 aliphatic carbocycles. The minimum Gasteiger partial charge on any atom is -0.493 e. The molecular weight excluding hydrogens is 443 g/mol. The third-order valence-corrected chi connectivity index (χ3v) is 8.41. The van der Waals surface area contributed by atoms with Crippen LogP contribution in [0.25, 0.3) is 0 Å². The molecule has 0 bridgehead atoms. The zero-order valence-corrected chi connectivity index (χ0v) is 18.6. The Hall–Kier alpha value is -2.59. The van der Waals surface area contributed by atoms with E-state index in [0.29, 0.717) is 22.2 Å². The standard InChI is InChI=1S/C21H21FN2O5S2/c1-28-17-8-7-13(9-18(17)29-2)10-20(25)23-21-24(15-6-4-3-5-14(15)22)16-11-31(26,27)12-19(16)30-21/h3-9,16,19H,10-12H2,1-2H3/t16-,19+/m1/s1. The molecule has 2 heterocycles. The van der Waals surface area contributed by atoms with Crippen LogP contribution >= 0.6 is 11.8 Å². The molecule has 4 rings (SSSR count). The van der Waals surface area contributed by atoms with Crippen molar-refractivity contribution in [1.29, 1.82) is 0 Å². The fourth-order valence-corrected chi connectivity index (χ4v) is 7.73. The first-order chi connectivity index (χ1) is 14.8. The second-order valence-electron chi connectivity index (χ2n) is 7.28. The number of amides is 1. The zero-order valence-electron chi connectivity index (χ0n) is 16.9. The maximum Gasteiger partial charge on any atom is 0.252 e. The summed E-state index contributed by atoms with van der Waals surface area (Å²) in [4.78, 5) is 18.5. The van der Waals surface area contributed by atoms with Crippen molar-refractivity contribution in [1.82, 2.24) is 0 Å². The summed E-state index contributed by atoms with van der Waals surface area (Å²) in [5.41, 5.74) is 0.910. The number of carbonyl (C=O) groups excluding carboxylic acids is 1. The van der Waals surface area contributed by atoms with E-state index in [1.165, 1.54) is 32.0 Å². The lowest BCUT2D eigenvalue weighted by molar-refractivity contribution is -0.117. The maximum atomic E-state index is 14.5. The number of para-hydroxylation sites is 1. The lowest BCUT2D eigenvalue weighted by atomic mass is 10.1. The van der Waals surface area contributed by atoms with Crippen LogP contribution in [0, 0.1) is 5.82 Å². The molecule has 2 aliphatic rings. The summed E-state index contributed by atoms with van der Waals surface area (Å²) in [5.74, 6) is 0.0319. The number of nitrogens with zero attached hydrogens (tertiary/aromatic N) is 2. The molecule has 0 N–H and O–H groups in total. The van der Waals surface area contributed by atoms with Gasteiger partial charge in [0.15, 0.2) is 26.5 Å². The fraction of sp³-hybridized carbons (Fsp3) is 0.333. The molecule has 2 aliphatic heterocycles. The maximum absolute atomic E-state index is 14.5. The van der Waals surface area contributed by atoms with Gasteiger partial charge in [0.05, 0.1) is 43.9 Å². The van der Waals surface area contributed by atoms with Crippen molar-refractivity contribution in [3.05, 3.63) is 53.8 Å². The number of ether oxygens (including phenoxy) is 2. The quantitative estimate of drug-likeness (QED) is 0.673. The Morgan fingerprint density at radius 2 is 1.90 bits per heavy atom. The van der Waals surface area contributed by atoms with Crippen LogP contribution in [0.2, 0.25) is 0 Å². The highest BCUT2D eigenvalue weighted by Gasteiger charge is 2.49. The number of sulfone groups is 1. The first-order valence-corrected chi connectivity index (χ1v) is 12.2. The topological polar surface area (TPSA) is 85.3 Å². The number of anilines is 1. The van der Waals surface area contributed by atoms with Gasteiger partial charge in [-0.2, -0.15) is 4.99 Å². The van der Waals surface area contributed by atoms with Crippen molar-refractivity contribution in [2.75, 3.05) is 30.6 Å². The molecular formula is C21H21FN2O5S2. The Kier molecular flexibility index (Phi) is 5.94. The number of hydrogen-bond acceptors (Lipinski definition) is 6. The minimum absolute atomic E-state index is 0.0170. The predicted molar refractivity (Wildman–Crippen MR) is 118 cm³/mol. The van der Waals surface area contributed by atoms with Gasteiger partial charge < -0.3 is 14.4 Å². The van der Waals surface area contributed by atoms with Crippen molar-refractivity contribution in [3.8, 4) is 11.5 Å². The predicted octanol–water partition coefficient (Wildman–Crippen LogP) is 2.69. The lowest BCUT2D eigenvalue weighted by Gasteiger charge is -2.24. The molecule has 0 unspecified atom stereocenters. The molecule has 1 amide bonds. The average Bonchev–Trinajstić information content (AvgIpc) is 3.19. The summed E-state index contributed by atoms with van der Waals surface area (Å²) in [6.07, 6.45) is 0.0170. The molecule has 2 atom stereocenters. The molecule has 164 valence electrons. The number of aliphatic imine (C=N–C) groups is 1. The second kappa shape index (κ2) is 8.51. The van der Waals surface area contributed by atoms with Gasteiger partial charge in [0.2, 0.25) is 0 Å². The summed E-state index contributed by atoms with van der Waals surface area (Å²) >= 11 is 1.21. The lowest BCUT2D eigenvalue weighted by Crippen LogP contribution is -2.38. The molecule has 2 aromatic carbocycles. The molecule has 31 heavy (non-hydrogen) atoms. The van der Waals surface area contributed by atoms with E-state index in [1.54, 1.807) is 41.3 Å². The number of hydrogen-bond donors (Lipinski definition) is 0. The Balaban J connectivity index is 1.63. The van der Waals surface area contributed by atoms with Gasteiger partial charge in [0.25, 0.3) is 5.91 Å². The van der Waals surface area contributed by atoms with E-state index in [9.17, 15) is 17.6 Å². The summed E-state index contributed by atoms with van der Waals surface area (Å²) in [6, 6.07) is 10.8.